The quantitative estimate of drug-likeness (QED) is 0.516. The van der Waals surface area contributed by atoms with Gasteiger partial charge in [-0.2, -0.15) is 17.4 Å². The van der Waals surface area contributed by atoms with Crippen LogP contribution in [0, 0.1) is 11.7 Å². The van der Waals surface area contributed by atoms with E-state index in [9.17, 15) is 14.0 Å². The van der Waals surface area contributed by atoms with Crippen molar-refractivity contribution in [2.24, 2.45) is 5.92 Å². The largest absolute Gasteiger partial charge is 0.468 e. The molecule has 0 amide bonds. The maximum absolute atomic E-state index is 14.6. The van der Waals surface area contributed by atoms with Crippen molar-refractivity contribution in [2.75, 3.05) is 20.2 Å². The molecule has 164 valence electrons. The van der Waals surface area contributed by atoms with Gasteiger partial charge in [0.05, 0.1) is 13.2 Å². The molecule has 1 saturated carbocycles. The van der Waals surface area contributed by atoms with Crippen LogP contribution in [0.15, 0.2) is 29.8 Å². The second-order valence-corrected chi connectivity index (χ2v) is 8.47. The number of Topliss-reactive ketones (excluding diaryl/α,β-unsaturated/α-hetero) is 1. The summed E-state index contributed by atoms with van der Waals surface area (Å²) >= 11 is 4.67. The number of thiol groups is 1. The normalized spacial score (nSPS) is 21.8. The molecule has 1 aliphatic carbocycles. The molecule has 31 heavy (non-hydrogen) atoms. The lowest BCUT2D eigenvalue weighted by Crippen LogP contribution is -2.42. The van der Waals surface area contributed by atoms with Crippen molar-refractivity contribution in [2.45, 2.75) is 37.1 Å². The number of ether oxygens (including phenoxy) is 1. The fourth-order valence-electron chi connectivity index (χ4n) is 3.80. The fraction of sp³-hybridized carbons (Fsp3) is 0.476. The Morgan fingerprint density at radius 2 is 2.10 bits per heavy atom. The van der Waals surface area contributed by atoms with E-state index in [4.69, 9.17) is 0 Å². The summed E-state index contributed by atoms with van der Waals surface area (Å²) < 4.78 is 19.2. The number of esters is 1. The molecule has 0 spiro atoms. The van der Waals surface area contributed by atoms with Gasteiger partial charge in [-0.05, 0) is 42.2 Å². The van der Waals surface area contributed by atoms with Crippen LogP contribution in [0.25, 0.3) is 6.08 Å². The lowest BCUT2D eigenvalue weighted by molar-refractivity contribution is -0.141. The van der Waals surface area contributed by atoms with E-state index in [0.717, 1.165) is 23.2 Å². The van der Waals surface area contributed by atoms with E-state index in [0.29, 0.717) is 30.9 Å². The molecule has 2 heterocycles. The van der Waals surface area contributed by atoms with Gasteiger partial charge in [-0.3, -0.25) is 9.69 Å². The topological polar surface area (TPSA) is 90.2 Å². The third-order valence-electron chi connectivity index (χ3n) is 5.60. The number of nitrogens with zero attached hydrogens (tertiary/aromatic N) is 5. The number of benzene rings is 1. The first-order chi connectivity index (χ1) is 15.0. The molecule has 2 aliphatic rings. The van der Waals surface area contributed by atoms with Crippen LogP contribution in [0.5, 0.6) is 0 Å². The number of carbonyl (C=O) groups excluding carboxylic acids is 2. The molecule has 0 N–H and O–H groups in total. The van der Waals surface area contributed by atoms with E-state index in [1.54, 1.807) is 24.3 Å². The van der Waals surface area contributed by atoms with Crippen molar-refractivity contribution in [1.82, 2.24) is 25.1 Å². The molecule has 2 unspecified atom stereocenters. The van der Waals surface area contributed by atoms with Crippen molar-refractivity contribution in [3.63, 3.8) is 0 Å². The van der Waals surface area contributed by atoms with Crippen LogP contribution >= 0.6 is 12.6 Å². The molecule has 1 saturated heterocycles. The van der Waals surface area contributed by atoms with Crippen LogP contribution < -0.4 is 0 Å². The molecule has 0 bridgehead atoms. The van der Waals surface area contributed by atoms with E-state index in [2.05, 4.69) is 32.8 Å². The average molecular weight is 446 g/mol. The summed E-state index contributed by atoms with van der Waals surface area (Å²) in [5.74, 6) is -0.420. The predicted octanol–water partition coefficient (Wildman–Crippen LogP) is 2.09. The van der Waals surface area contributed by atoms with Gasteiger partial charge in [0.15, 0.2) is 18.2 Å². The summed E-state index contributed by atoms with van der Waals surface area (Å²) in [6, 6.07) is 5.86. The molecule has 2 aromatic rings. The number of halogens is 1. The zero-order valence-electron chi connectivity index (χ0n) is 17.1. The van der Waals surface area contributed by atoms with Gasteiger partial charge in [-0.1, -0.05) is 18.2 Å². The number of hydrogen-bond acceptors (Lipinski definition) is 8. The number of likely N-dealkylation sites (tertiary alicyclic amines) is 1. The Hall–Kier alpha value is -2.59. The molecule has 10 heteroatoms. The Bertz CT molecular complexity index is 1010. The van der Waals surface area contributed by atoms with Gasteiger partial charge in [0.25, 0.3) is 0 Å². The lowest BCUT2D eigenvalue weighted by atomic mass is 9.93. The van der Waals surface area contributed by atoms with Gasteiger partial charge in [0.1, 0.15) is 5.82 Å². The maximum Gasteiger partial charge on any atom is 0.329 e. The van der Waals surface area contributed by atoms with Gasteiger partial charge in [0.2, 0.25) is 0 Å². The van der Waals surface area contributed by atoms with Gasteiger partial charge < -0.3 is 4.74 Å². The van der Waals surface area contributed by atoms with Crippen LogP contribution in [0.4, 0.5) is 4.39 Å². The minimum atomic E-state index is -0.624. The highest BCUT2D eigenvalue weighted by molar-refractivity contribution is 7.81. The van der Waals surface area contributed by atoms with Crippen molar-refractivity contribution in [1.29, 1.82) is 0 Å². The number of rotatable bonds is 7. The van der Waals surface area contributed by atoms with Crippen molar-refractivity contribution in [3.8, 4) is 0 Å². The Morgan fingerprint density at radius 1 is 1.32 bits per heavy atom. The molecule has 1 aromatic heterocycles. The highest BCUT2D eigenvalue weighted by atomic mass is 32.1. The summed E-state index contributed by atoms with van der Waals surface area (Å²) in [6.45, 7) is 0.941. The third-order valence-corrected chi connectivity index (χ3v) is 6.19. The van der Waals surface area contributed by atoms with E-state index in [1.807, 2.05) is 4.90 Å². The first-order valence-electron chi connectivity index (χ1n) is 10.2. The van der Waals surface area contributed by atoms with E-state index in [-0.39, 0.29) is 29.3 Å². The first-order valence-corrected chi connectivity index (χ1v) is 10.7. The minimum absolute atomic E-state index is 0.00523. The number of aromatic nitrogens is 4. The Balaban J connectivity index is 1.58. The maximum atomic E-state index is 14.6. The van der Waals surface area contributed by atoms with Gasteiger partial charge in [-0.25, -0.2) is 9.18 Å². The zero-order chi connectivity index (χ0) is 22.0. The smallest absolute Gasteiger partial charge is 0.329 e. The summed E-state index contributed by atoms with van der Waals surface area (Å²) in [5, 5.41) is 12.0. The highest BCUT2D eigenvalue weighted by Crippen LogP contribution is 2.39. The van der Waals surface area contributed by atoms with Crippen LogP contribution in [0.3, 0.4) is 0 Å². The summed E-state index contributed by atoms with van der Waals surface area (Å²) in [4.78, 5) is 27.7. The molecular weight excluding hydrogens is 421 g/mol. The monoisotopic (exact) mass is 445 g/mol. The Kier molecular flexibility index (Phi) is 6.47. The van der Waals surface area contributed by atoms with E-state index in [1.165, 1.54) is 13.2 Å². The Labute approximate surface area is 184 Å². The minimum Gasteiger partial charge on any atom is -0.468 e. The van der Waals surface area contributed by atoms with Crippen molar-refractivity contribution < 1.29 is 18.7 Å². The third kappa shape index (κ3) is 5.01. The first kappa shape index (κ1) is 21.6. The van der Waals surface area contributed by atoms with Gasteiger partial charge in [-0.15, -0.1) is 10.2 Å². The molecule has 1 aliphatic heterocycles. The van der Waals surface area contributed by atoms with E-state index < -0.39 is 12.0 Å². The second kappa shape index (κ2) is 9.27. The molecule has 2 fully saturated rings. The molecule has 1 aromatic carbocycles. The number of carbonyl (C=O) groups is 2. The highest BCUT2D eigenvalue weighted by Gasteiger charge is 2.40. The number of piperidine rings is 1. The number of hydrogen-bond donors (Lipinski definition) is 1. The molecule has 2 atom stereocenters. The summed E-state index contributed by atoms with van der Waals surface area (Å²) in [5.41, 5.74) is 1.33. The molecule has 8 nitrogen and oxygen atoms in total. The molecule has 0 radical (unpaired) electrons. The van der Waals surface area contributed by atoms with Gasteiger partial charge in [0, 0.05) is 29.8 Å². The fourth-order valence-corrected chi connectivity index (χ4v) is 4.07. The van der Waals surface area contributed by atoms with Crippen molar-refractivity contribution in [3.05, 3.63) is 47.0 Å². The van der Waals surface area contributed by atoms with Gasteiger partial charge >= 0.3 is 5.97 Å². The van der Waals surface area contributed by atoms with Crippen LogP contribution in [0.2, 0.25) is 0 Å². The van der Waals surface area contributed by atoms with E-state index >= 15 is 0 Å². The summed E-state index contributed by atoms with van der Waals surface area (Å²) in [7, 11) is 1.29. The number of tetrazole rings is 1. The summed E-state index contributed by atoms with van der Waals surface area (Å²) in [6.07, 6.45) is 4.20. The number of methoxy groups -OCH3 is 1. The van der Waals surface area contributed by atoms with Crippen LogP contribution in [-0.2, 0) is 20.9 Å². The van der Waals surface area contributed by atoms with Crippen LogP contribution in [-0.4, -0.2) is 62.3 Å². The van der Waals surface area contributed by atoms with Crippen LogP contribution in [0.1, 0.15) is 36.7 Å². The zero-order valence-corrected chi connectivity index (χ0v) is 18.0. The molecule has 4 rings (SSSR count). The molecular formula is C21H24FN5O3S. The SMILES string of the molecule is COC(=O)Cn1nnc(/C=C2/CN(C(C(=O)C3CC3)c3ccccc3F)CCC2S)n1. The second-order valence-electron chi connectivity index (χ2n) is 7.85. The average Bonchev–Trinajstić information content (AvgIpc) is 3.53. The Morgan fingerprint density at radius 3 is 2.81 bits per heavy atom. The predicted molar refractivity (Wildman–Crippen MR) is 114 cm³/mol. The van der Waals surface area contributed by atoms with Crippen molar-refractivity contribution >= 4 is 30.5 Å². The lowest BCUT2D eigenvalue weighted by Gasteiger charge is -2.37. The number of ketones is 1. The standard InChI is InChI=1S/C21H24FN5O3S/c1-30-19(28)12-27-24-18(23-25-27)10-14-11-26(9-8-17(14)31)20(21(29)13-6-7-13)15-4-2-3-5-16(15)22/h2-5,10,13,17,20,31H,6-9,11-12H2,1H3/b14-10-.